The van der Waals surface area contributed by atoms with Gasteiger partial charge in [0.05, 0.1) is 5.92 Å². The second kappa shape index (κ2) is 4.32. The van der Waals surface area contributed by atoms with Gasteiger partial charge in [0.15, 0.2) is 0 Å². The van der Waals surface area contributed by atoms with E-state index in [4.69, 9.17) is 0 Å². The summed E-state index contributed by atoms with van der Waals surface area (Å²) in [5.41, 5.74) is 0. The summed E-state index contributed by atoms with van der Waals surface area (Å²) in [6, 6.07) is 0. The molecule has 1 fully saturated rings. The van der Waals surface area contributed by atoms with Gasteiger partial charge in [0.1, 0.15) is 5.78 Å². The average molecular weight is 208 g/mol. The quantitative estimate of drug-likeness (QED) is 0.680. The molecule has 0 aromatic rings. The Morgan fingerprint density at radius 1 is 1.43 bits per heavy atom. The normalized spacial score (nSPS) is 29.3. The van der Waals surface area contributed by atoms with Crippen molar-refractivity contribution in [1.82, 2.24) is 0 Å². The van der Waals surface area contributed by atoms with E-state index in [1.165, 1.54) is 0 Å². The van der Waals surface area contributed by atoms with Crippen LogP contribution in [0.5, 0.6) is 0 Å². The van der Waals surface area contributed by atoms with Crippen LogP contribution in [0.1, 0.15) is 39.0 Å². The van der Waals surface area contributed by atoms with E-state index in [0.717, 1.165) is 6.42 Å². The topological polar surface area (TPSA) is 17.1 Å². The van der Waals surface area contributed by atoms with Crippen LogP contribution in [0.2, 0.25) is 0 Å². The van der Waals surface area contributed by atoms with E-state index in [0.29, 0.717) is 19.3 Å². The van der Waals surface area contributed by atoms with Crippen LogP contribution in [0, 0.1) is 11.8 Å². The Morgan fingerprint density at radius 3 is 2.57 bits per heavy atom. The van der Waals surface area contributed by atoms with Gasteiger partial charge in [-0.05, 0) is 12.3 Å². The summed E-state index contributed by atoms with van der Waals surface area (Å²) in [5.74, 6) is -1.96. The van der Waals surface area contributed by atoms with Crippen LogP contribution in [-0.4, -0.2) is 12.0 Å². The van der Waals surface area contributed by atoms with Crippen molar-refractivity contribution in [2.45, 2.75) is 45.2 Å². The molecule has 82 valence electrons. The third-order valence-electron chi connectivity index (χ3n) is 2.89. The third-order valence-corrected chi connectivity index (χ3v) is 2.89. The van der Waals surface area contributed by atoms with Crippen LogP contribution < -0.4 is 0 Å². The number of Topliss-reactive ketones (excluding diaryl/α,β-unsaturated/α-hetero) is 1. The minimum absolute atomic E-state index is 0.236. The van der Waals surface area contributed by atoms with Crippen LogP contribution in [0.4, 0.5) is 13.2 Å². The maximum absolute atomic E-state index is 12.5. The first-order valence-electron chi connectivity index (χ1n) is 5.03. The molecule has 1 aliphatic rings. The lowest BCUT2D eigenvalue weighted by Gasteiger charge is -2.32. The maximum atomic E-state index is 12.5. The molecule has 1 rings (SSSR count). The van der Waals surface area contributed by atoms with Crippen molar-refractivity contribution < 1.29 is 18.0 Å². The lowest BCUT2D eigenvalue weighted by atomic mass is 9.76. The minimum atomic E-state index is -4.20. The van der Waals surface area contributed by atoms with Gasteiger partial charge in [-0.15, -0.1) is 0 Å². The van der Waals surface area contributed by atoms with Crippen LogP contribution in [0.15, 0.2) is 0 Å². The molecule has 0 spiro atoms. The second-order valence-electron chi connectivity index (χ2n) is 3.98. The third kappa shape index (κ3) is 2.72. The summed E-state index contributed by atoms with van der Waals surface area (Å²) in [4.78, 5) is 11.0. The van der Waals surface area contributed by atoms with Crippen molar-refractivity contribution in [2.75, 3.05) is 0 Å². The van der Waals surface area contributed by atoms with Gasteiger partial charge in [-0.3, -0.25) is 4.79 Å². The lowest BCUT2D eigenvalue weighted by molar-refractivity contribution is -0.197. The number of hydrogen-bond acceptors (Lipinski definition) is 1. The molecule has 1 saturated carbocycles. The van der Waals surface area contributed by atoms with Crippen molar-refractivity contribution in [1.29, 1.82) is 0 Å². The summed E-state index contributed by atoms with van der Waals surface area (Å²) in [6.45, 7) is 1.88. The zero-order valence-electron chi connectivity index (χ0n) is 8.23. The molecular weight excluding hydrogens is 193 g/mol. The molecule has 0 amide bonds. The summed E-state index contributed by atoms with van der Waals surface area (Å²) in [6.07, 6.45) is -2.42. The van der Waals surface area contributed by atoms with Gasteiger partial charge in [0.2, 0.25) is 0 Å². The van der Waals surface area contributed by atoms with Crippen LogP contribution >= 0.6 is 0 Å². The average Bonchev–Trinajstić information content (AvgIpc) is 2.07. The van der Waals surface area contributed by atoms with E-state index in [1.54, 1.807) is 0 Å². The minimum Gasteiger partial charge on any atom is -0.300 e. The van der Waals surface area contributed by atoms with E-state index in [2.05, 4.69) is 0 Å². The van der Waals surface area contributed by atoms with Crippen molar-refractivity contribution in [2.24, 2.45) is 11.8 Å². The van der Waals surface area contributed by atoms with Gasteiger partial charge in [-0.2, -0.15) is 13.2 Å². The molecule has 0 aliphatic heterocycles. The fraction of sp³-hybridized carbons (Fsp3) is 0.900. The zero-order chi connectivity index (χ0) is 10.8. The first-order chi connectivity index (χ1) is 6.45. The molecule has 0 aromatic heterocycles. The molecule has 2 atom stereocenters. The number of rotatable bonds is 2. The standard InChI is InChI=1S/C10H15F3O/c1-2-3-7-4-5-8(14)6-9(7)10(11,12)13/h7,9H,2-6H2,1H3/t7-,9?/m1/s1. The number of halogens is 3. The highest BCUT2D eigenvalue weighted by Gasteiger charge is 2.46. The Kier molecular flexibility index (Phi) is 3.56. The van der Waals surface area contributed by atoms with Crippen LogP contribution in [0.25, 0.3) is 0 Å². The number of carbonyl (C=O) groups is 1. The number of carbonyl (C=O) groups excluding carboxylic acids is 1. The first kappa shape index (κ1) is 11.5. The van der Waals surface area contributed by atoms with Gasteiger partial charge >= 0.3 is 6.18 Å². The molecular formula is C10H15F3O. The predicted molar refractivity (Wildman–Crippen MR) is 46.8 cm³/mol. The Hall–Kier alpha value is -0.540. The van der Waals surface area contributed by atoms with Gasteiger partial charge in [-0.1, -0.05) is 19.8 Å². The molecule has 1 aliphatic carbocycles. The Balaban J connectivity index is 2.68. The van der Waals surface area contributed by atoms with Gasteiger partial charge < -0.3 is 0 Å². The fourth-order valence-electron chi connectivity index (χ4n) is 2.16. The molecule has 4 heteroatoms. The highest BCUT2D eigenvalue weighted by molar-refractivity contribution is 5.79. The van der Waals surface area contributed by atoms with E-state index < -0.39 is 12.1 Å². The summed E-state index contributed by atoms with van der Waals surface area (Å²) in [7, 11) is 0. The molecule has 0 aromatic carbocycles. The number of alkyl halides is 3. The molecule has 14 heavy (non-hydrogen) atoms. The molecule has 1 unspecified atom stereocenters. The predicted octanol–water partition coefficient (Wildman–Crippen LogP) is 3.33. The molecule has 0 bridgehead atoms. The van der Waals surface area contributed by atoms with Gasteiger partial charge in [-0.25, -0.2) is 0 Å². The van der Waals surface area contributed by atoms with Gasteiger partial charge in [0.25, 0.3) is 0 Å². The lowest BCUT2D eigenvalue weighted by Crippen LogP contribution is -2.36. The van der Waals surface area contributed by atoms with Crippen molar-refractivity contribution in [3.63, 3.8) is 0 Å². The maximum Gasteiger partial charge on any atom is 0.392 e. The Morgan fingerprint density at radius 2 is 2.07 bits per heavy atom. The second-order valence-corrected chi connectivity index (χ2v) is 3.98. The monoisotopic (exact) mass is 208 g/mol. The van der Waals surface area contributed by atoms with Crippen LogP contribution in [0.3, 0.4) is 0 Å². The van der Waals surface area contributed by atoms with Crippen molar-refractivity contribution in [3.05, 3.63) is 0 Å². The summed E-state index contributed by atoms with van der Waals surface area (Å²) >= 11 is 0. The Labute approximate surface area is 81.7 Å². The molecule has 0 N–H and O–H groups in total. The van der Waals surface area contributed by atoms with Crippen molar-refractivity contribution >= 4 is 5.78 Å². The van der Waals surface area contributed by atoms with Crippen LogP contribution in [-0.2, 0) is 4.79 Å². The summed E-state index contributed by atoms with van der Waals surface area (Å²) < 4.78 is 37.6. The smallest absolute Gasteiger partial charge is 0.300 e. The van der Waals surface area contributed by atoms with E-state index in [9.17, 15) is 18.0 Å². The van der Waals surface area contributed by atoms with E-state index >= 15 is 0 Å². The Bertz CT molecular complexity index is 210. The molecule has 0 radical (unpaired) electrons. The largest absolute Gasteiger partial charge is 0.392 e. The fourth-order valence-corrected chi connectivity index (χ4v) is 2.16. The molecule has 0 saturated heterocycles. The molecule has 1 nitrogen and oxygen atoms in total. The summed E-state index contributed by atoms with van der Waals surface area (Å²) in [5, 5.41) is 0. The van der Waals surface area contributed by atoms with Crippen molar-refractivity contribution in [3.8, 4) is 0 Å². The van der Waals surface area contributed by atoms with Gasteiger partial charge in [0, 0.05) is 12.8 Å². The molecule has 0 heterocycles. The SMILES string of the molecule is CCC[C@@H]1CCC(=O)CC1C(F)(F)F. The number of ketones is 1. The number of hydrogen-bond donors (Lipinski definition) is 0. The first-order valence-corrected chi connectivity index (χ1v) is 5.03. The highest BCUT2D eigenvalue weighted by atomic mass is 19.4. The van der Waals surface area contributed by atoms with E-state index in [1.807, 2.05) is 6.92 Å². The van der Waals surface area contributed by atoms with E-state index in [-0.39, 0.29) is 18.1 Å². The zero-order valence-corrected chi connectivity index (χ0v) is 8.23. The highest BCUT2D eigenvalue weighted by Crippen LogP contribution is 2.42.